The minimum Gasteiger partial charge on any atom is -0.345 e. The van der Waals surface area contributed by atoms with Gasteiger partial charge in [0, 0.05) is 22.0 Å². The molecule has 2 nitrogen and oxygen atoms in total. The molecule has 0 spiro atoms. The van der Waals surface area contributed by atoms with Crippen LogP contribution in [-0.4, -0.2) is 9.97 Å². The number of hydrogen-bond acceptors (Lipinski definition) is 2. The molecule has 106 valence electrons. The zero-order chi connectivity index (χ0) is 14.9. The van der Waals surface area contributed by atoms with Gasteiger partial charge in [0.05, 0.1) is 4.47 Å². The van der Waals surface area contributed by atoms with E-state index in [0.29, 0.717) is 4.64 Å². The number of aromatic nitrogens is 2. The number of rotatable bonds is 2. The third-order valence-electron chi connectivity index (χ3n) is 2.95. The molecule has 0 fully saturated rings. The third-order valence-corrected chi connectivity index (χ3v) is 4.81. The molecule has 0 saturated heterocycles. The van der Waals surface area contributed by atoms with Gasteiger partial charge in [-0.3, -0.25) is 0 Å². The molecule has 2 aromatic rings. The van der Waals surface area contributed by atoms with Crippen LogP contribution in [-0.2, 0) is 11.8 Å². The second-order valence-electron chi connectivity index (χ2n) is 5.73. The van der Waals surface area contributed by atoms with Gasteiger partial charge in [0.25, 0.3) is 0 Å². The minimum absolute atomic E-state index is 0.0101. The molecular weight excluding hydrogens is 400 g/mol. The predicted molar refractivity (Wildman–Crippen MR) is 92.8 cm³/mol. The minimum atomic E-state index is -0.0101. The van der Waals surface area contributed by atoms with Crippen LogP contribution in [0.15, 0.2) is 33.2 Å². The van der Waals surface area contributed by atoms with Gasteiger partial charge < -0.3 is 4.98 Å². The van der Waals surface area contributed by atoms with Crippen LogP contribution in [0.2, 0.25) is 0 Å². The third kappa shape index (κ3) is 3.77. The molecule has 0 unspecified atom stereocenters. The monoisotopic (exact) mass is 414 g/mol. The zero-order valence-electron chi connectivity index (χ0n) is 11.6. The molecule has 0 radical (unpaired) electrons. The van der Waals surface area contributed by atoms with Gasteiger partial charge in [0.2, 0.25) is 0 Å². The Bertz CT molecular complexity index is 670. The Morgan fingerprint density at radius 1 is 1.15 bits per heavy atom. The van der Waals surface area contributed by atoms with Crippen LogP contribution in [0.4, 0.5) is 0 Å². The molecule has 20 heavy (non-hydrogen) atoms. The van der Waals surface area contributed by atoms with Crippen LogP contribution in [0.25, 0.3) is 0 Å². The van der Waals surface area contributed by atoms with Gasteiger partial charge in [-0.15, -0.1) is 0 Å². The molecule has 0 aliphatic carbocycles. The number of halogens is 2. The Kier molecular flexibility index (Phi) is 4.82. The van der Waals surface area contributed by atoms with Crippen LogP contribution < -0.4 is 0 Å². The number of nitrogens with one attached hydrogen (secondary N) is 1. The fourth-order valence-electron chi connectivity index (χ4n) is 1.90. The van der Waals surface area contributed by atoms with Crippen LogP contribution in [0, 0.1) is 4.64 Å². The zero-order valence-corrected chi connectivity index (χ0v) is 15.6. The Balaban J connectivity index is 2.41. The maximum atomic E-state index is 5.35. The number of benzene rings is 1. The van der Waals surface area contributed by atoms with Crippen molar-refractivity contribution in [2.75, 3.05) is 0 Å². The first-order chi connectivity index (χ1) is 9.27. The SMILES string of the molecule is CC(C)(C)c1[nH]c(Cc2ccc(Br)cc2)nc(=S)c1Br. The highest BCUT2D eigenvalue weighted by molar-refractivity contribution is 9.10. The van der Waals surface area contributed by atoms with E-state index >= 15 is 0 Å². The molecule has 1 N–H and O–H groups in total. The van der Waals surface area contributed by atoms with E-state index < -0.39 is 0 Å². The van der Waals surface area contributed by atoms with Gasteiger partial charge in [-0.05, 0) is 33.6 Å². The fourth-order valence-corrected chi connectivity index (χ4v) is 3.16. The molecule has 1 aromatic heterocycles. The molecule has 0 bridgehead atoms. The maximum absolute atomic E-state index is 5.35. The first kappa shape index (κ1) is 15.9. The molecule has 0 aliphatic rings. The summed E-state index contributed by atoms with van der Waals surface area (Å²) in [7, 11) is 0. The topological polar surface area (TPSA) is 28.7 Å². The first-order valence-corrected chi connectivity index (χ1v) is 8.30. The van der Waals surface area contributed by atoms with E-state index in [9.17, 15) is 0 Å². The summed E-state index contributed by atoms with van der Waals surface area (Å²) in [5.41, 5.74) is 2.28. The summed E-state index contributed by atoms with van der Waals surface area (Å²) in [6, 6.07) is 8.24. The lowest BCUT2D eigenvalue weighted by atomic mass is 9.92. The van der Waals surface area contributed by atoms with Crippen LogP contribution in [0.1, 0.15) is 37.9 Å². The summed E-state index contributed by atoms with van der Waals surface area (Å²) in [5.74, 6) is 0.894. The van der Waals surface area contributed by atoms with E-state index in [-0.39, 0.29) is 5.41 Å². The highest BCUT2D eigenvalue weighted by atomic mass is 79.9. The summed E-state index contributed by atoms with van der Waals surface area (Å²) >= 11 is 12.3. The van der Waals surface area contributed by atoms with Crippen LogP contribution in [0.5, 0.6) is 0 Å². The Labute approximate surface area is 141 Å². The molecule has 1 heterocycles. The summed E-state index contributed by atoms with van der Waals surface area (Å²) in [6.07, 6.45) is 0.743. The quantitative estimate of drug-likeness (QED) is 0.651. The first-order valence-electron chi connectivity index (χ1n) is 6.31. The predicted octanol–water partition coefficient (Wildman–Crippen LogP) is 5.55. The number of hydrogen-bond donors (Lipinski definition) is 1. The lowest BCUT2D eigenvalue weighted by molar-refractivity contribution is 0.558. The molecule has 0 amide bonds. The summed E-state index contributed by atoms with van der Waals surface area (Å²) < 4.78 is 2.58. The van der Waals surface area contributed by atoms with E-state index in [4.69, 9.17) is 12.2 Å². The van der Waals surface area contributed by atoms with Crippen molar-refractivity contribution in [3.63, 3.8) is 0 Å². The second-order valence-corrected chi connectivity index (χ2v) is 7.83. The van der Waals surface area contributed by atoms with Gasteiger partial charge in [-0.1, -0.05) is 61.1 Å². The number of H-pyrrole nitrogens is 1. The van der Waals surface area contributed by atoms with Crippen molar-refractivity contribution < 1.29 is 0 Å². The van der Waals surface area contributed by atoms with Crippen LogP contribution >= 0.6 is 44.1 Å². The highest BCUT2D eigenvalue weighted by Gasteiger charge is 2.20. The molecular formula is C15H16Br2N2S. The average molecular weight is 416 g/mol. The van der Waals surface area contributed by atoms with E-state index in [2.05, 4.69) is 74.7 Å². The van der Waals surface area contributed by atoms with Crippen LogP contribution in [0.3, 0.4) is 0 Å². The van der Waals surface area contributed by atoms with Gasteiger partial charge in [0.15, 0.2) is 0 Å². The van der Waals surface area contributed by atoms with Gasteiger partial charge in [-0.2, -0.15) is 0 Å². The van der Waals surface area contributed by atoms with Gasteiger partial charge in [0.1, 0.15) is 10.5 Å². The van der Waals surface area contributed by atoms with Crippen molar-refractivity contribution in [2.24, 2.45) is 0 Å². The van der Waals surface area contributed by atoms with Crippen molar-refractivity contribution in [3.8, 4) is 0 Å². The smallest absolute Gasteiger partial charge is 0.144 e. The largest absolute Gasteiger partial charge is 0.345 e. The summed E-state index contributed by atoms with van der Waals surface area (Å²) in [5, 5.41) is 0. The number of aromatic amines is 1. The molecule has 5 heteroatoms. The van der Waals surface area contributed by atoms with E-state index in [0.717, 1.165) is 26.9 Å². The Morgan fingerprint density at radius 2 is 1.75 bits per heavy atom. The molecule has 0 aliphatic heterocycles. The van der Waals surface area contributed by atoms with Crippen molar-refractivity contribution in [3.05, 3.63) is 54.9 Å². The van der Waals surface area contributed by atoms with E-state index in [1.165, 1.54) is 5.56 Å². The van der Waals surface area contributed by atoms with E-state index in [1.807, 2.05) is 12.1 Å². The average Bonchev–Trinajstić information content (AvgIpc) is 2.35. The fraction of sp³-hybridized carbons (Fsp3) is 0.333. The number of nitrogens with zero attached hydrogens (tertiary/aromatic N) is 1. The van der Waals surface area contributed by atoms with Crippen molar-refractivity contribution in [1.29, 1.82) is 0 Å². The molecule has 0 saturated carbocycles. The molecule has 0 atom stereocenters. The molecule has 2 rings (SSSR count). The summed E-state index contributed by atoms with van der Waals surface area (Å²) in [4.78, 5) is 7.89. The standard InChI is InChI=1S/C15H16Br2N2S/c1-15(2,3)13-12(17)14(20)19-11(18-13)8-9-4-6-10(16)7-5-9/h4-7H,8H2,1-3H3,(H,18,19,20). The van der Waals surface area contributed by atoms with Crippen molar-refractivity contribution in [1.82, 2.24) is 9.97 Å². The Morgan fingerprint density at radius 3 is 2.30 bits per heavy atom. The van der Waals surface area contributed by atoms with Crippen molar-refractivity contribution >= 4 is 44.1 Å². The Hall–Kier alpha value is -0.520. The van der Waals surface area contributed by atoms with Gasteiger partial charge >= 0.3 is 0 Å². The second kappa shape index (κ2) is 6.08. The lowest BCUT2D eigenvalue weighted by Crippen LogP contribution is -2.17. The highest BCUT2D eigenvalue weighted by Crippen LogP contribution is 2.28. The lowest BCUT2D eigenvalue weighted by Gasteiger charge is -2.21. The molecule has 1 aromatic carbocycles. The normalized spacial score (nSPS) is 11.7. The summed E-state index contributed by atoms with van der Waals surface area (Å²) in [6.45, 7) is 6.46. The van der Waals surface area contributed by atoms with Crippen molar-refractivity contribution in [2.45, 2.75) is 32.6 Å². The maximum Gasteiger partial charge on any atom is 0.144 e. The van der Waals surface area contributed by atoms with E-state index in [1.54, 1.807) is 0 Å². The van der Waals surface area contributed by atoms with Gasteiger partial charge in [-0.25, -0.2) is 4.98 Å².